The zero-order valence-electron chi connectivity index (χ0n) is 18.5. The molecule has 2 heterocycles. The van der Waals surface area contributed by atoms with E-state index in [2.05, 4.69) is 15.5 Å². The molecule has 1 amide bonds. The van der Waals surface area contributed by atoms with Gasteiger partial charge in [0.1, 0.15) is 12.4 Å². The summed E-state index contributed by atoms with van der Waals surface area (Å²) in [5.41, 5.74) is 2.82. The highest BCUT2D eigenvalue weighted by Crippen LogP contribution is 2.34. The van der Waals surface area contributed by atoms with Crippen molar-refractivity contribution in [3.05, 3.63) is 53.3 Å². The van der Waals surface area contributed by atoms with E-state index in [0.717, 1.165) is 22.7 Å². The largest absolute Gasteiger partial charge is 0.485 e. The SMILES string of the molecule is CCn1c(COc2c(C)cccc2C)nnc1S[C@H](C)C(=O)Nc1ccc2c(c1)OCO2. The van der Waals surface area contributed by atoms with Crippen LogP contribution in [0.15, 0.2) is 41.6 Å². The van der Waals surface area contributed by atoms with E-state index in [4.69, 9.17) is 14.2 Å². The van der Waals surface area contributed by atoms with Crippen molar-refractivity contribution in [1.82, 2.24) is 14.8 Å². The second kappa shape index (κ2) is 9.52. The third kappa shape index (κ3) is 4.67. The molecule has 1 N–H and O–H groups in total. The number of aryl methyl sites for hydroxylation is 2. The van der Waals surface area contributed by atoms with Crippen molar-refractivity contribution in [2.45, 2.75) is 51.3 Å². The van der Waals surface area contributed by atoms with Crippen LogP contribution in [0.3, 0.4) is 0 Å². The fourth-order valence-corrected chi connectivity index (χ4v) is 4.36. The van der Waals surface area contributed by atoms with Gasteiger partial charge in [0.2, 0.25) is 12.7 Å². The van der Waals surface area contributed by atoms with Crippen molar-refractivity contribution in [1.29, 1.82) is 0 Å². The number of ether oxygens (including phenoxy) is 3. The van der Waals surface area contributed by atoms with Gasteiger partial charge in [0.15, 0.2) is 22.5 Å². The van der Waals surface area contributed by atoms with Gasteiger partial charge in [-0.1, -0.05) is 30.0 Å². The van der Waals surface area contributed by atoms with E-state index in [1.54, 1.807) is 18.2 Å². The van der Waals surface area contributed by atoms with E-state index in [0.29, 0.717) is 35.5 Å². The van der Waals surface area contributed by atoms with E-state index >= 15 is 0 Å². The van der Waals surface area contributed by atoms with Gasteiger partial charge in [0.25, 0.3) is 0 Å². The van der Waals surface area contributed by atoms with E-state index in [9.17, 15) is 4.79 Å². The maximum atomic E-state index is 12.7. The number of anilines is 1. The number of aromatic nitrogens is 3. The summed E-state index contributed by atoms with van der Waals surface area (Å²) in [6.07, 6.45) is 0. The van der Waals surface area contributed by atoms with Gasteiger partial charge < -0.3 is 24.1 Å². The number of nitrogens with zero attached hydrogens (tertiary/aromatic N) is 3. The Morgan fingerprint density at radius 2 is 1.94 bits per heavy atom. The van der Waals surface area contributed by atoms with Crippen molar-refractivity contribution in [2.24, 2.45) is 0 Å². The summed E-state index contributed by atoms with van der Waals surface area (Å²) in [6, 6.07) is 11.4. The van der Waals surface area contributed by atoms with Gasteiger partial charge in [-0.25, -0.2) is 0 Å². The molecule has 168 valence electrons. The topological polar surface area (TPSA) is 87.5 Å². The smallest absolute Gasteiger partial charge is 0.237 e. The molecule has 0 unspecified atom stereocenters. The molecular weight excluding hydrogens is 428 g/mol. The lowest BCUT2D eigenvalue weighted by atomic mass is 10.1. The Kier molecular flexibility index (Phi) is 6.55. The summed E-state index contributed by atoms with van der Waals surface area (Å²) in [5, 5.41) is 11.8. The lowest BCUT2D eigenvalue weighted by Gasteiger charge is -2.14. The first-order valence-electron chi connectivity index (χ1n) is 10.4. The van der Waals surface area contributed by atoms with Crippen molar-refractivity contribution in [3.8, 4) is 17.2 Å². The molecule has 32 heavy (non-hydrogen) atoms. The van der Waals surface area contributed by atoms with Gasteiger partial charge in [0.05, 0.1) is 5.25 Å². The Labute approximate surface area is 191 Å². The van der Waals surface area contributed by atoms with Crippen LogP contribution in [0.4, 0.5) is 5.69 Å². The van der Waals surface area contributed by atoms with Crippen LogP contribution in [0.2, 0.25) is 0 Å². The first-order chi connectivity index (χ1) is 15.5. The molecule has 0 spiro atoms. The summed E-state index contributed by atoms with van der Waals surface area (Å²) in [7, 11) is 0. The predicted molar refractivity (Wildman–Crippen MR) is 122 cm³/mol. The van der Waals surface area contributed by atoms with Crippen LogP contribution in [-0.4, -0.2) is 32.7 Å². The number of amides is 1. The predicted octanol–water partition coefficient (Wildman–Crippen LogP) is 4.34. The van der Waals surface area contributed by atoms with Crippen LogP contribution in [0.1, 0.15) is 30.8 Å². The van der Waals surface area contributed by atoms with Crippen LogP contribution in [-0.2, 0) is 17.9 Å². The Morgan fingerprint density at radius 3 is 2.69 bits per heavy atom. The number of hydrogen-bond acceptors (Lipinski definition) is 7. The third-order valence-corrected chi connectivity index (χ3v) is 6.24. The van der Waals surface area contributed by atoms with Gasteiger partial charge in [-0.3, -0.25) is 4.79 Å². The molecular formula is C23H26N4O4S. The second-order valence-corrected chi connectivity index (χ2v) is 8.78. The number of hydrogen-bond donors (Lipinski definition) is 1. The maximum absolute atomic E-state index is 12.7. The summed E-state index contributed by atoms with van der Waals surface area (Å²) < 4.78 is 18.7. The van der Waals surface area contributed by atoms with Crippen LogP contribution < -0.4 is 19.5 Å². The summed E-state index contributed by atoms with van der Waals surface area (Å²) >= 11 is 1.36. The minimum atomic E-state index is -0.373. The molecule has 1 aliphatic heterocycles. The number of rotatable bonds is 8. The molecule has 0 fully saturated rings. The number of fused-ring (bicyclic) bond motifs is 1. The summed E-state index contributed by atoms with van der Waals surface area (Å²) in [5.74, 6) is 2.76. The maximum Gasteiger partial charge on any atom is 0.237 e. The van der Waals surface area contributed by atoms with Gasteiger partial charge in [-0.15, -0.1) is 10.2 Å². The Morgan fingerprint density at radius 1 is 1.19 bits per heavy atom. The van der Waals surface area contributed by atoms with Crippen LogP contribution in [0, 0.1) is 13.8 Å². The number of benzene rings is 2. The molecule has 1 aromatic heterocycles. The lowest BCUT2D eigenvalue weighted by Crippen LogP contribution is -2.23. The van der Waals surface area contributed by atoms with Crippen molar-refractivity contribution < 1.29 is 19.0 Å². The number of nitrogens with one attached hydrogen (secondary N) is 1. The summed E-state index contributed by atoms with van der Waals surface area (Å²) in [4.78, 5) is 12.7. The van der Waals surface area contributed by atoms with Gasteiger partial charge in [0, 0.05) is 18.3 Å². The average molecular weight is 455 g/mol. The van der Waals surface area contributed by atoms with E-state index in [1.165, 1.54) is 11.8 Å². The first kappa shape index (κ1) is 22.0. The molecule has 0 aliphatic carbocycles. The van der Waals surface area contributed by atoms with Crippen molar-refractivity contribution >= 4 is 23.4 Å². The minimum absolute atomic E-state index is 0.132. The fraction of sp³-hybridized carbons (Fsp3) is 0.348. The molecule has 0 saturated heterocycles. The van der Waals surface area contributed by atoms with Crippen LogP contribution >= 0.6 is 11.8 Å². The Hall–Kier alpha value is -3.20. The lowest BCUT2D eigenvalue weighted by molar-refractivity contribution is -0.115. The second-order valence-electron chi connectivity index (χ2n) is 7.47. The van der Waals surface area contributed by atoms with E-state index in [-0.39, 0.29) is 18.0 Å². The van der Waals surface area contributed by atoms with E-state index < -0.39 is 0 Å². The monoisotopic (exact) mass is 454 g/mol. The van der Waals surface area contributed by atoms with Crippen molar-refractivity contribution in [3.63, 3.8) is 0 Å². The molecule has 1 atom stereocenters. The number of carbonyl (C=O) groups is 1. The Bertz CT molecular complexity index is 1110. The van der Waals surface area contributed by atoms with Gasteiger partial charge in [-0.2, -0.15) is 0 Å². The summed E-state index contributed by atoms with van der Waals surface area (Å²) in [6.45, 7) is 9.09. The fourth-order valence-electron chi connectivity index (χ4n) is 3.42. The van der Waals surface area contributed by atoms with E-state index in [1.807, 2.05) is 50.5 Å². The van der Waals surface area contributed by atoms with Crippen molar-refractivity contribution in [2.75, 3.05) is 12.1 Å². The molecule has 0 radical (unpaired) electrons. The molecule has 1 aliphatic rings. The molecule has 3 aromatic rings. The van der Waals surface area contributed by atoms with Crippen LogP contribution in [0.5, 0.6) is 17.2 Å². The number of thioether (sulfide) groups is 1. The average Bonchev–Trinajstić information content (AvgIpc) is 3.39. The molecule has 0 saturated carbocycles. The first-order valence-corrected chi connectivity index (χ1v) is 11.3. The highest BCUT2D eigenvalue weighted by Gasteiger charge is 2.21. The van der Waals surface area contributed by atoms with Crippen LogP contribution in [0.25, 0.3) is 0 Å². The molecule has 2 aromatic carbocycles. The standard InChI is InChI=1S/C23H26N4O4S/c1-5-27-20(12-29-21-14(2)7-6-8-15(21)3)25-26-23(27)32-16(4)22(28)24-17-9-10-18-19(11-17)31-13-30-18/h6-11,16H,5,12-13H2,1-4H3,(H,24,28)/t16-/m1/s1. The molecule has 4 rings (SSSR count). The number of carbonyl (C=O) groups excluding carboxylic acids is 1. The molecule has 8 nitrogen and oxygen atoms in total. The normalized spacial score (nSPS) is 13.1. The highest BCUT2D eigenvalue weighted by molar-refractivity contribution is 8.00. The quantitative estimate of drug-likeness (QED) is 0.507. The van der Waals surface area contributed by atoms with Gasteiger partial charge in [-0.05, 0) is 51.0 Å². The minimum Gasteiger partial charge on any atom is -0.485 e. The molecule has 0 bridgehead atoms. The number of para-hydroxylation sites is 1. The van der Waals surface area contributed by atoms with Gasteiger partial charge >= 0.3 is 0 Å². The zero-order chi connectivity index (χ0) is 22.7. The third-order valence-electron chi connectivity index (χ3n) is 5.16. The Balaban J connectivity index is 1.40. The zero-order valence-corrected chi connectivity index (χ0v) is 19.4. The molecule has 9 heteroatoms. The highest BCUT2D eigenvalue weighted by atomic mass is 32.2.